The number of aryl methyl sites for hydroxylation is 2. The Bertz CT molecular complexity index is 569. The minimum atomic E-state index is 0.534. The van der Waals surface area contributed by atoms with Crippen molar-refractivity contribution in [2.45, 2.75) is 33.9 Å². The van der Waals surface area contributed by atoms with Crippen LogP contribution in [0.2, 0.25) is 0 Å². The third-order valence-corrected chi connectivity index (χ3v) is 3.16. The molecular formula is C14H21N5O2. The van der Waals surface area contributed by atoms with E-state index in [1.165, 1.54) is 0 Å². The minimum absolute atomic E-state index is 0.534. The normalized spacial score (nSPS) is 11.7. The number of nitrogens with one attached hydrogen (secondary N) is 1. The van der Waals surface area contributed by atoms with Gasteiger partial charge in [-0.15, -0.1) is 0 Å². The summed E-state index contributed by atoms with van der Waals surface area (Å²) in [5.74, 6) is 1.62. The molecule has 7 heteroatoms. The van der Waals surface area contributed by atoms with Crippen molar-refractivity contribution in [1.29, 1.82) is 0 Å². The Labute approximate surface area is 124 Å². The summed E-state index contributed by atoms with van der Waals surface area (Å²) in [5, 5.41) is 11.1. The molecule has 2 aromatic heterocycles. The van der Waals surface area contributed by atoms with E-state index in [9.17, 15) is 0 Å². The number of hydrogen-bond donors (Lipinski definition) is 1. The lowest BCUT2D eigenvalue weighted by Gasteiger charge is -2.20. The zero-order valence-electron chi connectivity index (χ0n) is 12.9. The SMILES string of the molecule is CCNC(=NCc1c(C)noc1C)N(C)Cc1ccon1. The van der Waals surface area contributed by atoms with E-state index in [1.807, 2.05) is 38.8 Å². The van der Waals surface area contributed by atoms with Crippen LogP contribution in [0.25, 0.3) is 0 Å². The van der Waals surface area contributed by atoms with E-state index in [0.717, 1.165) is 35.2 Å². The van der Waals surface area contributed by atoms with Crippen LogP contribution in [-0.4, -0.2) is 34.8 Å². The van der Waals surface area contributed by atoms with Gasteiger partial charge in [0.05, 0.1) is 18.8 Å². The maximum atomic E-state index is 5.16. The van der Waals surface area contributed by atoms with Crippen LogP contribution in [0.5, 0.6) is 0 Å². The zero-order chi connectivity index (χ0) is 15.2. The van der Waals surface area contributed by atoms with Crippen molar-refractivity contribution in [1.82, 2.24) is 20.5 Å². The van der Waals surface area contributed by atoms with E-state index < -0.39 is 0 Å². The largest absolute Gasteiger partial charge is 0.364 e. The Morgan fingerprint density at radius 1 is 1.38 bits per heavy atom. The molecule has 21 heavy (non-hydrogen) atoms. The quantitative estimate of drug-likeness (QED) is 0.669. The molecule has 0 aromatic carbocycles. The van der Waals surface area contributed by atoms with Crippen molar-refractivity contribution in [3.63, 3.8) is 0 Å². The molecule has 1 N–H and O–H groups in total. The Morgan fingerprint density at radius 3 is 2.76 bits per heavy atom. The molecule has 0 saturated heterocycles. The van der Waals surface area contributed by atoms with Gasteiger partial charge in [-0.3, -0.25) is 0 Å². The molecule has 0 unspecified atom stereocenters. The van der Waals surface area contributed by atoms with Crippen molar-refractivity contribution in [3.8, 4) is 0 Å². The molecule has 0 saturated carbocycles. The number of aliphatic imine (C=N–C) groups is 1. The van der Waals surface area contributed by atoms with Crippen molar-refractivity contribution >= 4 is 5.96 Å². The van der Waals surface area contributed by atoms with E-state index in [2.05, 4.69) is 20.6 Å². The van der Waals surface area contributed by atoms with Crippen LogP contribution in [0, 0.1) is 13.8 Å². The van der Waals surface area contributed by atoms with Crippen molar-refractivity contribution in [2.24, 2.45) is 4.99 Å². The van der Waals surface area contributed by atoms with Gasteiger partial charge in [-0.1, -0.05) is 10.3 Å². The number of guanidine groups is 1. The van der Waals surface area contributed by atoms with Gasteiger partial charge in [0.25, 0.3) is 0 Å². The number of rotatable bonds is 5. The van der Waals surface area contributed by atoms with E-state index >= 15 is 0 Å². The first-order chi connectivity index (χ1) is 10.1. The average molecular weight is 291 g/mol. The monoisotopic (exact) mass is 291 g/mol. The van der Waals surface area contributed by atoms with E-state index in [-0.39, 0.29) is 0 Å². The smallest absolute Gasteiger partial charge is 0.194 e. The van der Waals surface area contributed by atoms with Gasteiger partial charge in [0.2, 0.25) is 0 Å². The molecule has 0 amide bonds. The van der Waals surface area contributed by atoms with Gasteiger partial charge in [0.15, 0.2) is 5.96 Å². The summed E-state index contributed by atoms with van der Waals surface area (Å²) in [4.78, 5) is 6.63. The summed E-state index contributed by atoms with van der Waals surface area (Å²) in [6.07, 6.45) is 1.57. The second-order valence-corrected chi connectivity index (χ2v) is 4.82. The Hall–Kier alpha value is -2.31. The lowest BCUT2D eigenvalue weighted by molar-refractivity contribution is 0.390. The van der Waals surface area contributed by atoms with Gasteiger partial charge in [0, 0.05) is 25.2 Å². The summed E-state index contributed by atoms with van der Waals surface area (Å²) >= 11 is 0. The Kier molecular flexibility index (Phi) is 4.97. The van der Waals surface area contributed by atoms with Gasteiger partial charge in [0.1, 0.15) is 17.7 Å². The predicted molar refractivity (Wildman–Crippen MR) is 78.8 cm³/mol. The molecule has 0 aliphatic carbocycles. The number of aromatic nitrogens is 2. The molecule has 0 aliphatic heterocycles. The molecule has 0 spiro atoms. The highest BCUT2D eigenvalue weighted by atomic mass is 16.5. The van der Waals surface area contributed by atoms with E-state index in [1.54, 1.807) is 6.26 Å². The van der Waals surface area contributed by atoms with E-state index in [4.69, 9.17) is 9.05 Å². The van der Waals surface area contributed by atoms with Crippen LogP contribution in [0.4, 0.5) is 0 Å². The number of hydrogen-bond acceptors (Lipinski definition) is 5. The molecule has 114 valence electrons. The molecule has 7 nitrogen and oxygen atoms in total. The van der Waals surface area contributed by atoms with Crippen LogP contribution in [0.3, 0.4) is 0 Å². The summed E-state index contributed by atoms with van der Waals surface area (Å²) in [6.45, 7) is 7.82. The van der Waals surface area contributed by atoms with Gasteiger partial charge >= 0.3 is 0 Å². The first-order valence-electron chi connectivity index (χ1n) is 6.92. The van der Waals surface area contributed by atoms with Crippen LogP contribution < -0.4 is 5.32 Å². The van der Waals surface area contributed by atoms with Crippen molar-refractivity contribution < 1.29 is 9.05 Å². The highest BCUT2D eigenvalue weighted by Gasteiger charge is 2.11. The summed E-state index contributed by atoms with van der Waals surface area (Å²) in [7, 11) is 1.96. The van der Waals surface area contributed by atoms with Gasteiger partial charge in [-0.2, -0.15) is 0 Å². The molecular weight excluding hydrogens is 270 g/mol. The summed E-state index contributed by atoms with van der Waals surface area (Å²) < 4.78 is 10.0. The summed E-state index contributed by atoms with van der Waals surface area (Å²) in [5.41, 5.74) is 2.77. The molecule has 2 aromatic rings. The van der Waals surface area contributed by atoms with Crippen molar-refractivity contribution in [3.05, 3.63) is 35.0 Å². The lowest BCUT2D eigenvalue weighted by atomic mass is 10.2. The maximum Gasteiger partial charge on any atom is 0.194 e. The van der Waals surface area contributed by atoms with Gasteiger partial charge < -0.3 is 19.3 Å². The standard InChI is InChI=1S/C14H21N5O2/c1-5-15-14(19(4)9-12-6-7-20-18-12)16-8-13-10(2)17-21-11(13)3/h6-7H,5,8-9H2,1-4H3,(H,15,16). The fourth-order valence-electron chi connectivity index (χ4n) is 1.99. The maximum absolute atomic E-state index is 5.16. The van der Waals surface area contributed by atoms with Crippen LogP contribution in [-0.2, 0) is 13.1 Å². The first-order valence-corrected chi connectivity index (χ1v) is 6.92. The average Bonchev–Trinajstić information content (AvgIpc) is 3.06. The van der Waals surface area contributed by atoms with Gasteiger partial charge in [-0.25, -0.2) is 4.99 Å². The molecule has 0 aliphatic rings. The highest BCUT2D eigenvalue weighted by molar-refractivity contribution is 5.79. The fraction of sp³-hybridized carbons (Fsp3) is 0.500. The van der Waals surface area contributed by atoms with Crippen LogP contribution in [0.1, 0.15) is 29.6 Å². The molecule has 2 rings (SSSR count). The molecule has 0 radical (unpaired) electrons. The molecule has 0 atom stereocenters. The third kappa shape index (κ3) is 3.84. The topological polar surface area (TPSA) is 79.7 Å². The third-order valence-electron chi connectivity index (χ3n) is 3.16. The Morgan fingerprint density at radius 2 is 2.19 bits per heavy atom. The highest BCUT2D eigenvalue weighted by Crippen LogP contribution is 2.13. The lowest BCUT2D eigenvalue weighted by Crippen LogP contribution is -2.38. The summed E-state index contributed by atoms with van der Waals surface area (Å²) in [6, 6.07) is 1.84. The van der Waals surface area contributed by atoms with Crippen molar-refractivity contribution in [2.75, 3.05) is 13.6 Å². The predicted octanol–water partition coefficient (Wildman–Crippen LogP) is 1.88. The Balaban J connectivity index is 2.08. The molecule has 0 bridgehead atoms. The fourth-order valence-corrected chi connectivity index (χ4v) is 1.99. The molecule has 0 fully saturated rings. The van der Waals surface area contributed by atoms with Crippen LogP contribution in [0.15, 0.2) is 26.4 Å². The van der Waals surface area contributed by atoms with Gasteiger partial charge in [-0.05, 0) is 20.8 Å². The minimum Gasteiger partial charge on any atom is -0.364 e. The molecule has 2 heterocycles. The van der Waals surface area contributed by atoms with E-state index in [0.29, 0.717) is 13.1 Å². The van der Waals surface area contributed by atoms with Crippen LogP contribution >= 0.6 is 0 Å². The number of nitrogens with zero attached hydrogens (tertiary/aromatic N) is 4. The second-order valence-electron chi connectivity index (χ2n) is 4.82. The zero-order valence-corrected chi connectivity index (χ0v) is 12.9. The first kappa shape index (κ1) is 15.1. The second kappa shape index (κ2) is 6.92.